The Balaban J connectivity index is 1.35. The Morgan fingerprint density at radius 3 is 1.63 bits per heavy atom. The Kier molecular flexibility index (Phi) is 4.39. The number of para-hydroxylation sites is 2. The van der Waals surface area contributed by atoms with Gasteiger partial charge in [0.05, 0.1) is 5.41 Å². The zero-order valence-electron chi connectivity index (χ0n) is 23.1. The van der Waals surface area contributed by atoms with Gasteiger partial charge in [-0.15, -0.1) is 0 Å². The molecule has 1 spiro atoms. The predicted octanol–water partition coefficient (Wildman–Crippen LogP) is 10.1. The molecule has 3 aliphatic rings. The van der Waals surface area contributed by atoms with Crippen LogP contribution in [-0.4, -0.2) is 0 Å². The Bertz CT molecular complexity index is 2020. The summed E-state index contributed by atoms with van der Waals surface area (Å²) in [5.41, 5.74) is 14.9. The van der Waals surface area contributed by atoms with E-state index < -0.39 is 5.41 Å². The van der Waals surface area contributed by atoms with E-state index in [2.05, 4.69) is 147 Å². The Hall–Kier alpha value is -4.88. The van der Waals surface area contributed by atoms with Crippen molar-refractivity contribution in [2.45, 2.75) is 24.7 Å². The van der Waals surface area contributed by atoms with Gasteiger partial charge in [0, 0.05) is 22.1 Å². The van der Waals surface area contributed by atoms with Crippen molar-refractivity contribution < 1.29 is 4.74 Å². The van der Waals surface area contributed by atoms with Crippen LogP contribution in [0.2, 0.25) is 0 Å². The van der Waals surface area contributed by atoms with Gasteiger partial charge in [-0.25, -0.2) is 0 Å². The fourth-order valence-electron chi connectivity index (χ4n) is 7.99. The van der Waals surface area contributed by atoms with E-state index >= 15 is 0 Å². The van der Waals surface area contributed by atoms with Crippen LogP contribution in [0.15, 0.2) is 133 Å². The molecule has 0 fully saturated rings. The largest absolute Gasteiger partial charge is 0.456 e. The molecule has 0 radical (unpaired) electrons. The molecular weight excluding hydrogens is 496 g/mol. The summed E-state index contributed by atoms with van der Waals surface area (Å²) in [5, 5.41) is 0. The molecule has 1 aliphatic heterocycles. The molecule has 1 heteroatoms. The Labute approximate surface area is 240 Å². The van der Waals surface area contributed by atoms with Crippen molar-refractivity contribution in [3.8, 4) is 44.9 Å². The average molecular weight is 525 g/mol. The third-order valence-corrected chi connectivity index (χ3v) is 9.77. The van der Waals surface area contributed by atoms with Crippen LogP contribution in [0.3, 0.4) is 0 Å². The molecule has 0 atom stereocenters. The maximum atomic E-state index is 6.91. The van der Waals surface area contributed by atoms with Crippen LogP contribution in [0.4, 0.5) is 0 Å². The number of fused-ring (bicyclic) bond motifs is 12. The molecule has 194 valence electrons. The fourth-order valence-corrected chi connectivity index (χ4v) is 7.99. The molecule has 0 amide bonds. The van der Waals surface area contributed by atoms with Gasteiger partial charge >= 0.3 is 0 Å². The van der Waals surface area contributed by atoms with Crippen molar-refractivity contribution in [2.24, 2.45) is 0 Å². The van der Waals surface area contributed by atoms with Crippen molar-refractivity contribution in [1.82, 2.24) is 0 Å². The Morgan fingerprint density at radius 2 is 0.927 bits per heavy atom. The summed E-state index contributed by atoms with van der Waals surface area (Å²) in [7, 11) is 0. The number of benzene rings is 6. The van der Waals surface area contributed by atoms with Gasteiger partial charge in [-0.1, -0.05) is 135 Å². The minimum Gasteiger partial charge on any atom is -0.456 e. The monoisotopic (exact) mass is 524 g/mol. The predicted molar refractivity (Wildman–Crippen MR) is 167 cm³/mol. The van der Waals surface area contributed by atoms with Crippen LogP contribution in [0, 0.1) is 0 Å². The van der Waals surface area contributed by atoms with Crippen molar-refractivity contribution in [3.05, 3.63) is 167 Å². The van der Waals surface area contributed by atoms with Gasteiger partial charge < -0.3 is 4.74 Å². The first kappa shape index (κ1) is 22.9. The fraction of sp³-hybridized carbons (Fsp3) is 0.100. The summed E-state index contributed by atoms with van der Waals surface area (Å²) in [6.45, 7) is 4.67. The highest BCUT2D eigenvalue weighted by atomic mass is 16.5. The zero-order valence-corrected chi connectivity index (χ0v) is 23.1. The van der Waals surface area contributed by atoms with Gasteiger partial charge in [0.25, 0.3) is 0 Å². The lowest BCUT2D eigenvalue weighted by Crippen LogP contribution is -2.32. The van der Waals surface area contributed by atoms with Crippen LogP contribution in [0.5, 0.6) is 11.5 Å². The highest BCUT2D eigenvalue weighted by Gasteiger charge is 2.51. The first-order chi connectivity index (χ1) is 20.1. The quantitative estimate of drug-likeness (QED) is 0.208. The van der Waals surface area contributed by atoms with Crippen LogP contribution >= 0.6 is 0 Å². The average Bonchev–Trinajstić information content (AvgIpc) is 3.44. The maximum absolute atomic E-state index is 6.91. The van der Waals surface area contributed by atoms with Gasteiger partial charge in [-0.2, -0.15) is 0 Å². The molecule has 1 nitrogen and oxygen atoms in total. The third kappa shape index (κ3) is 2.76. The number of ether oxygens (including phenoxy) is 1. The molecule has 9 rings (SSSR count). The van der Waals surface area contributed by atoms with Gasteiger partial charge in [0.1, 0.15) is 11.5 Å². The summed E-state index contributed by atoms with van der Waals surface area (Å²) in [6, 6.07) is 49.0. The SMILES string of the molecule is CC1(C)c2ccccc2-c2cc(-c3cccc4c3Oc3ccccc3C43c4ccccc4-c4ccccc43)ccc21. The van der Waals surface area contributed by atoms with E-state index in [0.29, 0.717) is 0 Å². The molecule has 0 bridgehead atoms. The van der Waals surface area contributed by atoms with Crippen LogP contribution < -0.4 is 4.74 Å². The zero-order chi connectivity index (χ0) is 27.3. The smallest absolute Gasteiger partial charge is 0.140 e. The van der Waals surface area contributed by atoms with E-state index in [1.54, 1.807) is 0 Å². The molecule has 0 aromatic heterocycles. The van der Waals surface area contributed by atoms with Crippen LogP contribution in [0.25, 0.3) is 33.4 Å². The molecule has 0 saturated heterocycles. The van der Waals surface area contributed by atoms with E-state index in [0.717, 1.165) is 17.1 Å². The second kappa shape index (κ2) is 7.86. The topological polar surface area (TPSA) is 9.23 Å². The number of rotatable bonds is 1. The minimum absolute atomic E-state index is 0.0165. The molecule has 0 unspecified atom stereocenters. The summed E-state index contributed by atoms with van der Waals surface area (Å²) in [5.74, 6) is 1.87. The summed E-state index contributed by atoms with van der Waals surface area (Å²) < 4.78 is 6.91. The lowest BCUT2D eigenvalue weighted by atomic mass is 9.65. The molecule has 2 aliphatic carbocycles. The van der Waals surface area contributed by atoms with Gasteiger partial charge in [-0.3, -0.25) is 0 Å². The van der Waals surface area contributed by atoms with E-state index in [4.69, 9.17) is 4.74 Å². The first-order valence-corrected chi connectivity index (χ1v) is 14.4. The molecule has 0 N–H and O–H groups in total. The second-order valence-corrected chi connectivity index (χ2v) is 12.1. The van der Waals surface area contributed by atoms with Crippen molar-refractivity contribution >= 4 is 0 Å². The van der Waals surface area contributed by atoms with E-state index in [1.807, 2.05) is 0 Å². The lowest BCUT2D eigenvalue weighted by Gasteiger charge is -2.40. The van der Waals surface area contributed by atoms with Crippen molar-refractivity contribution in [1.29, 1.82) is 0 Å². The minimum atomic E-state index is -0.446. The molecule has 0 saturated carbocycles. The van der Waals surface area contributed by atoms with Gasteiger partial charge in [0.2, 0.25) is 0 Å². The molecule has 6 aromatic rings. The van der Waals surface area contributed by atoms with Crippen molar-refractivity contribution in [3.63, 3.8) is 0 Å². The maximum Gasteiger partial charge on any atom is 0.140 e. The summed E-state index contributed by atoms with van der Waals surface area (Å²) in [4.78, 5) is 0. The molecular formula is C40H28O. The molecule has 6 aromatic carbocycles. The lowest BCUT2D eigenvalue weighted by molar-refractivity contribution is 0.438. The van der Waals surface area contributed by atoms with E-state index in [1.165, 1.54) is 61.2 Å². The number of hydrogen-bond acceptors (Lipinski definition) is 1. The van der Waals surface area contributed by atoms with Gasteiger partial charge in [0.15, 0.2) is 0 Å². The summed E-state index contributed by atoms with van der Waals surface area (Å²) in [6.07, 6.45) is 0. The third-order valence-electron chi connectivity index (χ3n) is 9.77. The molecule has 41 heavy (non-hydrogen) atoms. The van der Waals surface area contributed by atoms with Crippen LogP contribution in [0.1, 0.15) is 47.2 Å². The molecule has 1 heterocycles. The van der Waals surface area contributed by atoms with Gasteiger partial charge in [-0.05, 0) is 62.2 Å². The standard InChI is InChI=1S/C40H28O/c1-39(2)31-16-6-3-14-29(31)30-24-25(22-23-32(30)39)26-15-11-20-36-38(26)41-37-21-10-9-19-35(37)40(36)33-17-7-4-12-27(33)28-13-5-8-18-34(28)40/h3-24H,1-2H3. The van der Waals surface area contributed by atoms with Crippen molar-refractivity contribution in [2.75, 3.05) is 0 Å². The second-order valence-electron chi connectivity index (χ2n) is 12.1. The summed E-state index contributed by atoms with van der Waals surface area (Å²) >= 11 is 0. The highest BCUT2D eigenvalue weighted by Crippen LogP contribution is 2.63. The highest BCUT2D eigenvalue weighted by molar-refractivity contribution is 5.91. The Morgan fingerprint density at radius 1 is 0.415 bits per heavy atom. The number of hydrogen-bond donors (Lipinski definition) is 0. The first-order valence-electron chi connectivity index (χ1n) is 14.4. The van der Waals surface area contributed by atoms with E-state index in [9.17, 15) is 0 Å². The van der Waals surface area contributed by atoms with E-state index in [-0.39, 0.29) is 5.41 Å². The normalized spacial score (nSPS) is 15.7. The van der Waals surface area contributed by atoms with Crippen LogP contribution in [-0.2, 0) is 10.8 Å².